The fourth-order valence-corrected chi connectivity index (χ4v) is 11.6. The van der Waals surface area contributed by atoms with E-state index in [1.165, 1.54) is 48.3 Å². The molecule has 0 bridgehead atoms. The third-order valence-electron chi connectivity index (χ3n) is 11.8. The van der Waals surface area contributed by atoms with Gasteiger partial charge in [0.25, 0.3) is 17.5 Å². The third-order valence-corrected chi connectivity index (χ3v) is 14.3. The molecule has 18 heteroatoms. The standard InChI is InChI=1S/C39H45FN4O12Si/c1-20-35(57(2,3)40)29(16-30(46)42-18-23-9-5-4-8-22(23)14-26(42)19-45)56-39(20)27-15-25(44(53)54)11-12-28(27)43(38(39)52)17-21-7-6-10-24(13-21)41-36(50)34-32(48)31(47)33(49)37(51)55-34/h4-13,15,20,26,29,31-35,37,45,47-49,51H,14,16-19H2,1-3H3,(H,41,50)/t20-,26+,29+,31+,32+,33-,34+,35-,37-,39+/m1/s1. The number of aliphatic hydroxyl groups is 5. The smallest absolute Gasteiger partial charge is 0.269 e. The molecule has 4 aliphatic heterocycles. The van der Waals surface area contributed by atoms with Crippen LogP contribution in [0.4, 0.5) is 21.2 Å². The zero-order valence-corrected chi connectivity index (χ0v) is 32.4. The molecule has 7 rings (SSSR count). The minimum Gasteiger partial charge on any atom is -0.394 e. The summed E-state index contributed by atoms with van der Waals surface area (Å²) in [5, 5.41) is 64.9. The van der Waals surface area contributed by atoms with Gasteiger partial charge in [0.05, 0.1) is 42.3 Å². The fraction of sp³-hybridized carbons (Fsp3) is 0.462. The topological polar surface area (TPSA) is 232 Å². The van der Waals surface area contributed by atoms with Crippen LogP contribution >= 0.6 is 0 Å². The highest BCUT2D eigenvalue weighted by Gasteiger charge is 2.67. The number of fused-ring (bicyclic) bond motifs is 3. The van der Waals surface area contributed by atoms with E-state index in [0.29, 0.717) is 12.0 Å². The molecule has 10 atom stereocenters. The van der Waals surface area contributed by atoms with E-state index in [0.717, 1.165) is 11.1 Å². The molecule has 4 heterocycles. The minimum absolute atomic E-state index is 0.132. The number of hydrogen-bond acceptors (Lipinski definition) is 12. The van der Waals surface area contributed by atoms with Crippen molar-refractivity contribution in [1.82, 2.24) is 4.90 Å². The zero-order chi connectivity index (χ0) is 41.1. The Morgan fingerprint density at radius 1 is 1.02 bits per heavy atom. The van der Waals surface area contributed by atoms with Crippen molar-refractivity contribution in [3.05, 3.63) is 99.1 Å². The molecule has 0 unspecified atom stereocenters. The van der Waals surface area contributed by atoms with Crippen LogP contribution in [0.3, 0.4) is 0 Å². The second kappa shape index (κ2) is 15.3. The number of ether oxygens (including phenoxy) is 2. The highest BCUT2D eigenvalue weighted by Crippen LogP contribution is 2.61. The number of hydrogen-bond donors (Lipinski definition) is 6. The van der Waals surface area contributed by atoms with E-state index in [4.69, 9.17) is 9.47 Å². The van der Waals surface area contributed by atoms with Gasteiger partial charge in [-0.3, -0.25) is 24.5 Å². The summed E-state index contributed by atoms with van der Waals surface area (Å²) in [6, 6.07) is 17.3. The van der Waals surface area contributed by atoms with Gasteiger partial charge in [-0.1, -0.05) is 43.3 Å². The van der Waals surface area contributed by atoms with Crippen LogP contribution in [0.1, 0.15) is 35.6 Å². The van der Waals surface area contributed by atoms with Gasteiger partial charge >= 0.3 is 0 Å². The molecule has 0 aromatic heterocycles. The Labute approximate surface area is 327 Å². The highest BCUT2D eigenvalue weighted by atomic mass is 28.4. The van der Waals surface area contributed by atoms with Crippen LogP contribution in [-0.4, -0.2) is 111 Å². The molecular weight excluding hydrogens is 764 g/mol. The molecule has 57 heavy (non-hydrogen) atoms. The van der Waals surface area contributed by atoms with E-state index < -0.39 is 85.1 Å². The van der Waals surface area contributed by atoms with Crippen molar-refractivity contribution in [3.8, 4) is 0 Å². The second-order valence-electron chi connectivity index (χ2n) is 15.8. The molecule has 3 amide bonds. The van der Waals surface area contributed by atoms with Gasteiger partial charge in [-0.2, -0.15) is 0 Å². The predicted molar refractivity (Wildman–Crippen MR) is 203 cm³/mol. The first-order valence-corrected chi connectivity index (χ1v) is 21.6. The SMILES string of the molecule is C[C@@H]1[C@@H]([Si](C)(C)F)[C@H](CC(=O)N2Cc3ccccc3C[C@H]2CO)O[C@@]12C(=O)N(Cc1cccc(NC(=O)[C@H]3O[C@@H](O)[C@H](O)[C@@H](O)[C@@H]3O)c1)c1ccc([N+](=O)[O-])cc12. The summed E-state index contributed by atoms with van der Waals surface area (Å²) in [7, 11) is -3.74. The number of halogens is 1. The number of nitro groups is 1. The maximum Gasteiger partial charge on any atom is 0.269 e. The number of non-ortho nitro benzene ring substituents is 1. The Morgan fingerprint density at radius 2 is 1.74 bits per heavy atom. The normalized spacial score (nSPS) is 31.0. The Morgan fingerprint density at radius 3 is 2.42 bits per heavy atom. The second-order valence-corrected chi connectivity index (χ2v) is 19.6. The maximum absolute atomic E-state index is 16.5. The number of aliphatic hydroxyl groups excluding tert-OH is 5. The molecule has 6 N–H and O–H groups in total. The molecule has 16 nitrogen and oxygen atoms in total. The van der Waals surface area contributed by atoms with Gasteiger partial charge in [0.15, 0.2) is 18.0 Å². The van der Waals surface area contributed by atoms with Crippen LogP contribution in [0.15, 0.2) is 66.7 Å². The van der Waals surface area contributed by atoms with Crippen LogP contribution in [0.25, 0.3) is 0 Å². The summed E-state index contributed by atoms with van der Waals surface area (Å²) in [6.45, 7) is 4.44. The fourth-order valence-electron chi connectivity index (χ4n) is 9.06. The molecule has 2 fully saturated rings. The van der Waals surface area contributed by atoms with Crippen LogP contribution in [0.5, 0.6) is 0 Å². The van der Waals surface area contributed by atoms with Crippen LogP contribution in [0.2, 0.25) is 18.6 Å². The quantitative estimate of drug-likeness (QED) is 0.0789. The first-order valence-electron chi connectivity index (χ1n) is 18.7. The van der Waals surface area contributed by atoms with E-state index in [1.807, 2.05) is 24.3 Å². The lowest BCUT2D eigenvalue weighted by molar-refractivity contribution is -0.385. The summed E-state index contributed by atoms with van der Waals surface area (Å²) < 4.78 is 28.3. The van der Waals surface area contributed by atoms with Crippen molar-refractivity contribution in [3.63, 3.8) is 0 Å². The highest BCUT2D eigenvalue weighted by molar-refractivity contribution is 6.72. The lowest BCUT2D eigenvalue weighted by atomic mass is 9.82. The molecule has 4 aliphatic rings. The lowest BCUT2D eigenvalue weighted by Gasteiger charge is -2.37. The average Bonchev–Trinajstić information content (AvgIpc) is 3.60. The zero-order valence-electron chi connectivity index (χ0n) is 31.4. The molecule has 304 valence electrons. The van der Waals surface area contributed by atoms with Crippen LogP contribution in [0, 0.1) is 16.0 Å². The van der Waals surface area contributed by atoms with Gasteiger partial charge in [0.1, 0.15) is 18.3 Å². The summed E-state index contributed by atoms with van der Waals surface area (Å²) in [5.74, 6) is -2.80. The lowest BCUT2D eigenvalue weighted by Crippen LogP contribution is -2.60. The number of nitro benzene ring substituents is 1. The van der Waals surface area contributed by atoms with Crippen molar-refractivity contribution in [2.24, 2.45) is 5.92 Å². The Bertz CT molecular complexity index is 2090. The number of rotatable bonds is 9. The summed E-state index contributed by atoms with van der Waals surface area (Å²) >= 11 is 0. The van der Waals surface area contributed by atoms with E-state index in [1.54, 1.807) is 24.0 Å². The largest absolute Gasteiger partial charge is 0.394 e. The number of nitrogens with one attached hydrogen (secondary N) is 1. The summed E-state index contributed by atoms with van der Waals surface area (Å²) in [6.07, 6.45) is -10.2. The van der Waals surface area contributed by atoms with Gasteiger partial charge in [-0.05, 0) is 54.4 Å². The van der Waals surface area contributed by atoms with Gasteiger partial charge in [-0.25, -0.2) is 0 Å². The monoisotopic (exact) mass is 808 g/mol. The first kappa shape index (κ1) is 40.5. The van der Waals surface area contributed by atoms with Crippen LogP contribution in [-0.2, 0) is 49.0 Å². The summed E-state index contributed by atoms with van der Waals surface area (Å²) in [5.41, 5.74) is -0.0648. The van der Waals surface area contributed by atoms with Crippen molar-refractivity contribution in [2.45, 2.75) is 99.9 Å². The van der Waals surface area contributed by atoms with Gasteiger partial charge < -0.3 is 54.2 Å². The molecule has 0 radical (unpaired) electrons. The van der Waals surface area contributed by atoms with Crippen molar-refractivity contribution in [1.29, 1.82) is 0 Å². The van der Waals surface area contributed by atoms with Gasteiger partial charge in [-0.15, -0.1) is 0 Å². The van der Waals surface area contributed by atoms with Crippen molar-refractivity contribution < 1.29 is 58.4 Å². The molecular formula is C39H45FN4O12Si. The first-order chi connectivity index (χ1) is 27.0. The number of anilines is 2. The van der Waals surface area contributed by atoms with Gasteiger partial charge in [0, 0.05) is 41.4 Å². The van der Waals surface area contributed by atoms with E-state index >= 15 is 4.11 Å². The third kappa shape index (κ3) is 7.14. The number of nitrogens with zero attached hydrogens (tertiary/aromatic N) is 3. The molecule has 3 aromatic rings. The van der Waals surface area contributed by atoms with Crippen molar-refractivity contribution in [2.75, 3.05) is 16.8 Å². The van der Waals surface area contributed by atoms with E-state index in [-0.39, 0.29) is 54.7 Å². The molecule has 1 spiro atoms. The number of carbonyl (C=O) groups is 3. The van der Waals surface area contributed by atoms with Crippen molar-refractivity contribution >= 4 is 43.2 Å². The van der Waals surface area contributed by atoms with E-state index in [9.17, 15) is 50.0 Å². The average molecular weight is 809 g/mol. The molecule has 3 aromatic carbocycles. The number of carbonyl (C=O) groups excluding carboxylic acids is 3. The molecule has 0 aliphatic carbocycles. The predicted octanol–water partition coefficient (Wildman–Crippen LogP) is 1.99. The Kier molecular flexibility index (Phi) is 10.8. The Balaban J connectivity index is 1.19. The van der Waals surface area contributed by atoms with E-state index in [2.05, 4.69) is 5.32 Å². The maximum atomic E-state index is 16.5. The number of benzene rings is 3. The summed E-state index contributed by atoms with van der Waals surface area (Å²) in [4.78, 5) is 56.5. The molecule has 0 saturated carbocycles. The number of amides is 3. The molecule has 2 saturated heterocycles. The van der Waals surface area contributed by atoms with Gasteiger partial charge in [0.2, 0.25) is 14.3 Å². The Hall–Kier alpha value is -4.66. The van der Waals surface area contributed by atoms with Crippen LogP contribution < -0.4 is 10.2 Å². The minimum atomic E-state index is -3.74.